The molecule has 136 valence electrons. The number of hydrogen-bond donors (Lipinski definition) is 2. The summed E-state index contributed by atoms with van der Waals surface area (Å²) >= 11 is 3.24. The van der Waals surface area contributed by atoms with Gasteiger partial charge in [0.05, 0.1) is 12.6 Å². The number of hydrogen-bond acceptors (Lipinski definition) is 5. The van der Waals surface area contributed by atoms with Gasteiger partial charge in [-0.15, -0.1) is 22.7 Å². The van der Waals surface area contributed by atoms with Gasteiger partial charge in [-0.25, -0.2) is 0 Å². The molecule has 0 aliphatic heterocycles. The summed E-state index contributed by atoms with van der Waals surface area (Å²) in [7, 11) is 3.94. The predicted molar refractivity (Wildman–Crippen MR) is 107 cm³/mol. The minimum atomic E-state index is -0.605. The summed E-state index contributed by atoms with van der Waals surface area (Å²) in [6.45, 7) is 0.745. The van der Waals surface area contributed by atoms with E-state index in [0.717, 1.165) is 10.4 Å². The molecule has 0 bridgehead atoms. The summed E-state index contributed by atoms with van der Waals surface area (Å²) in [4.78, 5) is 27.2. The lowest BCUT2D eigenvalue weighted by atomic mass is 10.0. The predicted octanol–water partition coefficient (Wildman–Crippen LogP) is 3.00. The Morgan fingerprint density at radius 1 is 1.04 bits per heavy atom. The molecule has 0 radical (unpaired) electrons. The van der Waals surface area contributed by atoms with E-state index in [2.05, 4.69) is 33.0 Å². The lowest BCUT2D eigenvalue weighted by Gasteiger charge is -2.24. The highest BCUT2D eigenvalue weighted by molar-refractivity contribution is 7.17. The second kappa shape index (κ2) is 8.44. The highest BCUT2D eigenvalue weighted by atomic mass is 32.1. The fraction of sp³-hybridized carbons (Fsp3) is 0.263. The van der Waals surface area contributed by atoms with Gasteiger partial charge >= 0.3 is 11.8 Å². The molecule has 3 aromatic rings. The third-order valence-corrected chi connectivity index (χ3v) is 6.02. The van der Waals surface area contributed by atoms with Crippen LogP contribution in [-0.4, -0.2) is 37.4 Å². The quantitative estimate of drug-likeness (QED) is 0.639. The number of amides is 2. The van der Waals surface area contributed by atoms with Crippen molar-refractivity contribution in [3.63, 3.8) is 0 Å². The molecule has 0 aliphatic carbocycles. The maximum Gasteiger partial charge on any atom is 0.309 e. The number of likely N-dealkylation sites (N-methyl/N-ethyl adjacent to an activating group) is 1. The van der Waals surface area contributed by atoms with E-state index in [-0.39, 0.29) is 6.04 Å². The SMILES string of the molecule is CN(C)C(CNC(=O)C(=O)NCc1cccs1)c1csc2ccccc12. The van der Waals surface area contributed by atoms with Crippen LogP contribution in [0.25, 0.3) is 10.1 Å². The van der Waals surface area contributed by atoms with Crippen molar-refractivity contribution in [1.29, 1.82) is 0 Å². The normalized spacial score (nSPS) is 12.3. The van der Waals surface area contributed by atoms with Crippen LogP contribution in [0.2, 0.25) is 0 Å². The van der Waals surface area contributed by atoms with Crippen LogP contribution in [0, 0.1) is 0 Å². The van der Waals surface area contributed by atoms with E-state index in [1.165, 1.54) is 10.1 Å². The molecular weight excluding hydrogens is 366 g/mol. The molecule has 5 nitrogen and oxygen atoms in total. The van der Waals surface area contributed by atoms with Crippen LogP contribution in [0.4, 0.5) is 0 Å². The number of thiophene rings is 2. The first-order valence-corrected chi connectivity index (χ1v) is 10.0. The van der Waals surface area contributed by atoms with Crippen molar-refractivity contribution in [2.24, 2.45) is 0 Å². The van der Waals surface area contributed by atoms with Crippen LogP contribution in [0.1, 0.15) is 16.5 Å². The third kappa shape index (κ3) is 4.30. The van der Waals surface area contributed by atoms with E-state index in [0.29, 0.717) is 13.1 Å². The maximum absolute atomic E-state index is 12.1. The van der Waals surface area contributed by atoms with Crippen LogP contribution in [0.5, 0.6) is 0 Å². The molecule has 1 aromatic carbocycles. The standard InChI is InChI=1S/C19H21N3O2S2/c1-22(2)16(15-12-26-17-8-4-3-7-14(15)17)11-21-19(24)18(23)20-10-13-6-5-9-25-13/h3-9,12,16H,10-11H2,1-2H3,(H,20,23)(H,21,24). The minimum Gasteiger partial charge on any atom is -0.346 e. The zero-order chi connectivity index (χ0) is 18.5. The molecule has 0 aliphatic rings. The molecule has 7 heteroatoms. The average molecular weight is 388 g/mol. The van der Waals surface area contributed by atoms with Crippen molar-refractivity contribution < 1.29 is 9.59 Å². The Hall–Kier alpha value is -2.22. The van der Waals surface area contributed by atoms with Gasteiger partial charge < -0.3 is 15.5 Å². The molecule has 2 N–H and O–H groups in total. The Balaban J connectivity index is 1.61. The lowest BCUT2D eigenvalue weighted by Crippen LogP contribution is -2.42. The number of carbonyl (C=O) groups excluding carboxylic acids is 2. The molecule has 1 unspecified atom stereocenters. The van der Waals surface area contributed by atoms with Crippen LogP contribution in [-0.2, 0) is 16.1 Å². The molecule has 0 saturated carbocycles. The van der Waals surface area contributed by atoms with E-state index < -0.39 is 11.8 Å². The Kier molecular flexibility index (Phi) is 6.03. The smallest absolute Gasteiger partial charge is 0.309 e. The fourth-order valence-electron chi connectivity index (χ4n) is 2.76. The lowest BCUT2D eigenvalue weighted by molar-refractivity contribution is -0.139. The second-order valence-electron chi connectivity index (χ2n) is 6.14. The first-order chi connectivity index (χ1) is 12.6. The van der Waals surface area contributed by atoms with E-state index in [1.54, 1.807) is 22.7 Å². The van der Waals surface area contributed by atoms with E-state index in [9.17, 15) is 9.59 Å². The Morgan fingerprint density at radius 3 is 2.54 bits per heavy atom. The topological polar surface area (TPSA) is 61.4 Å². The number of carbonyl (C=O) groups is 2. The summed E-state index contributed by atoms with van der Waals surface area (Å²) < 4.78 is 1.22. The minimum absolute atomic E-state index is 0.000181. The van der Waals surface area contributed by atoms with Crippen LogP contribution in [0.3, 0.4) is 0 Å². The highest BCUT2D eigenvalue weighted by Crippen LogP contribution is 2.31. The summed E-state index contributed by atoms with van der Waals surface area (Å²) in [5.74, 6) is -1.21. The van der Waals surface area contributed by atoms with E-state index in [4.69, 9.17) is 0 Å². The van der Waals surface area contributed by atoms with Gasteiger partial charge in [0.1, 0.15) is 0 Å². The average Bonchev–Trinajstić information content (AvgIpc) is 3.29. The summed E-state index contributed by atoms with van der Waals surface area (Å²) in [5.41, 5.74) is 1.16. The van der Waals surface area contributed by atoms with Crippen molar-refractivity contribution in [2.75, 3.05) is 20.6 Å². The Morgan fingerprint density at radius 2 is 1.81 bits per heavy atom. The molecular formula is C19H21N3O2S2. The highest BCUT2D eigenvalue weighted by Gasteiger charge is 2.21. The van der Waals surface area contributed by atoms with Gasteiger partial charge in [0.15, 0.2) is 0 Å². The Bertz CT molecular complexity index is 887. The largest absolute Gasteiger partial charge is 0.346 e. The Labute approximate surface area is 160 Å². The van der Waals surface area contributed by atoms with Crippen molar-refractivity contribution in [1.82, 2.24) is 15.5 Å². The van der Waals surface area contributed by atoms with E-state index in [1.807, 2.05) is 43.7 Å². The van der Waals surface area contributed by atoms with Gasteiger partial charge in [-0.05, 0) is 47.9 Å². The number of fused-ring (bicyclic) bond motifs is 1. The molecule has 26 heavy (non-hydrogen) atoms. The monoisotopic (exact) mass is 387 g/mol. The van der Waals surface area contributed by atoms with Gasteiger partial charge in [0, 0.05) is 16.1 Å². The van der Waals surface area contributed by atoms with Crippen LogP contribution >= 0.6 is 22.7 Å². The van der Waals surface area contributed by atoms with Gasteiger partial charge in [0.25, 0.3) is 0 Å². The van der Waals surface area contributed by atoms with Crippen molar-refractivity contribution in [3.05, 3.63) is 57.6 Å². The molecule has 3 rings (SSSR count). The number of nitrogens with one attached hydrogen (secondary N) is 2. The van der Waals surface area contributed by atoms with Crippen LogP contribution in [0.15, 0.2) is 47.2 Å². The van der Waals surface area contributed by atoms with Crippen molar-refractivity contribution in [3.8, 4) is 0 Å². The zero-order valence-corrected chi connectivity index (χ0v) is 16.3. The first kappa shape index (κ1) is 18.6. The van der Waals surface area contributed by atoms with Gasteiger partial charge in [-0.2, -0.15) is 0 Å². The molecule has 2 aromatic heterocycles. The van der Waals surface area contributed by atoms with Crippen molar-refractivity contribution >= 4 is 44.6 Å². The fourth-order valence-corrected chi connectivity index (χ4v) is 4.41. The van der Waals surface area contributed by atoms with E-state index >= 15 is 0 Å². The molecule has 0 saturated heterocycles. The molecule has 2 heterocycles. The summed E-state index contributed by atoms with van der Waals surface area (Å²) in [5, 5.41) is 10.7. The maximum atomic E-state index is 12.1. The van der Waals surface area contributed by atoms with Crippen LogP contribution < -0.4 is 10.6 Å². The molecule has 0 fully saturated rings. The first-order valence-electron chi connectivity index (χ1n) is 8.27. The molecule has 0 spiro atoms. The van der Waals surface area contributed by atoms with Gasteiger partial charge in [-0.1, -0.05) is 24.3 Å². The number of nitrogens with zero attached hydrogens (tertiary/aromatic N) is 1. The zero-order valence-electron chi connectivity index (χ0n) is 14.7. The summed E-state index contributed by atoms with van der Waals surface area (Å²) in [6, 6.07) is 12.1. The van der Waals surface area contributed by atoms with Gasteiger partial charge in [0.2, 0.25) is 0 Å². The third-order valence-electron chi connectivity index (χ3n) is 4.16. The number of benzene rings is 1. The molecule has 2 amide bonds. The number of rotatable bonds is 6. The molecule has 1 atom stereocenters. The van der Waals surface area contributed by atoms with Gasteiger partial charge in [-0.3, -0.25) is 9.59 Å². The summed E-state index contributed by atoms with van der Waals surface area (Å²) in [6.07, 6.45) is 0. The second-order valence-corrected chi connectivity index (χ2v) is 8.08. The van der Waals surface area contributed by atoms with Crippen molar-refractivity contribution in [2.45, 2.75) is 12.6 Å².